The van der Waals surface area contributed by atoms with Crippen LogP contribution in [0.5, 0.6) is 0 Å². The van der Waals surface area contributed by atoms with Crippen LogP contribution in [0.1, 0.15) is 36.1 Å². The van der Waals surface area contributed by atoms with Crippen molar-refractivity contribution in [3.05, 3.63) is 65.2 Å². The number of fused-ring (bicyclic) bond motifs is 1. The van der Waals surface area contributed by atoms with E-state index in [1.165, 1.54) is 18.1 Å². The zero-order valence-electron chi connectivity index (χ0n) is 14.0. The molecule has 4 heteroatoms. The molecule has 2 aromatic rings. The van der Waals surface area contributed by atoms with Crippen LogP contribution in [0.25, 0.3) is 0 Å². The minimum absolute atomic E-state index is 0.0892. The fraction of sp³-hybridized carbons (Fsp3) is 0.350. The summed E-state index contributed by atoms with van der Waals surface area (Å²) in [4.78, 5) is 13.4. The van der Waals surface area contributed by atoms with Crippen molar-refractivity contribution < 1.29 is 9.90 Å². The highest BCUT2D eigenvalue weighted by atomic mass is 16.3. The molecule has 2 aromatic carbocycles. The van der Waals surface area contributed by atoms with E-state index in [9.17, 15) is 9.90 Å². The topological polar surface area (TPSA) is 52.6 Å². The zero-order chi connectivity index (χ0) is 16.9. The molecule has 1 aliphatic heterocycles. The van der Waals surface area contributed by atoms with Gasteiger partial charge < -0.3 is 10.4 Å². The smallest absolute Gasteiger partial charge is 0.221 e. The molecule has 1 unspecified atom stereocenters. The van der Waals surface area contributed by atoms with Gasteiger partial charge in [0.2, 0.25) is 5.91 Å². The maximum Gasteiger partial charge on any atom is 0.221 e. The van der Waals surface area contributed by atoms with E-state index in [1.807, 2.05) is 24.3 Å². The number of anilines is 1. The molecule has 1 amide bonds. The number of nitrogens with zero attached hydrogens (tertiary/aromatic N) is 1. The number of rotatable bonds is 5. The molecule has 0 saturated heterocycles. The SMILES string of the molecule is CC(=O)Nc1ccc(C(O)CCN2CCc3ccccc3C2)cc1. The van der Waals surface area contributed by atoms with Crippen molar-refractivity contribution in [2.45, 2.75) is 32.4 Å². The molecular formula is C20H24N2O2. The summed E-state index contributed by atoms with van der Waals surface area (Å²) in [6.45, 7) is 4.37. The Bertz CT molecular complexity index is 697. The Labute approximate surface area is 143 Å². The molecule has 1 atom stereocenters. The van der Waals surface area contributed by atoms with Gasteiger partial charge in [0.25, 0.3) is 0 Å². The molecule has 3 rings (SSSR count). The number of carbonyl (C=O) groups excluding carboxylic acids is 1. The second-order valence-electron chi connectivity index (χ2n) is 6.40. The number of hydrogen-bond donors (Lipinski definition) is 2. The maximum atomic E-state index is 11.0. The molecule has 1 heterocycles. The van der Waals surface area contributed by atoms with Gasteiger partial charge in [-0.3, -0.25) is 9.69 Å². The van der Waals surface area contributed by atoms with Crippen molar-refractivity contribution in [2.75, 3.05) is 18.4 Å². The summed E-state index contributed by atoms with van der Waals surface area (Å²) in [6, 6.07) is 16.0. The molecule has 0 radical (unpaired) electrons. The third-order valence-corrected chi connectivity index (χ3v) is 4.54. The molecule has 24 heavy (non-hydrogen) atoms. The maximum absolute atomic E-state index is 11.0. The highest BCUT2D eigenvalue weighted by Crippen LogP contribution is 2.22. The Balaban J connectivity index is 1.52. The first kappa shape index (κ1) is 16.7. The summed E-state index contributed by atoms with van der Waals surface area (Å²) < 4.78 is 0. The lowest BCUT2D eigenvalue weighted by atomic mass is 9.99. The van der Waals surface area contributed by atoms with Gasteiger partial charge in [-0.2, -0.15) is 0 Å². The number of aliphatic hydroxyl groups excluding tert-OH is 1. The van der Waals surface area contributed by atoms with Crippen molar-refractivity contribution in [1.29, 1.82) is 0 Å². The van der Waals surface area contributed by atoms with Gasteiger partial charge in [-0.1, -0.05) is 36.4 Å². The summed E-state index contributed by atoms with van der Waals surface area (Å²) in [5, 5.41) is 13.1. The van der Waals surface area contributed by atoms with Crippen LogP contribution in [-0.2, 0) is 17.8 Å². The van der Waals surface area contributed by atoms with Crippen LogP contribution >= 0.6 is 0 Å². The van der Waals surface area contributed by atoms with Crippen molar-refractivity contribution in [2.24, 2.45) is 0 Å². The zero-order valence-corrected chi connectivity index (χ0v) is 14.0. The van der Waals surface area contributed by atoms with E-state index in [4.69, 9.17) is 0 Å². The lowest BCUT2D eigenvalue weighted by Gasteiger charge is -2.29. The monoisotopic (exact) mass is 324 g/mol. The van der Waals surface area contributed by atoms with Gasteiger partial charge in [0.05, 0.1) is 6.10 Å². The quantitative estimate of drug-likeness (QED) is 0.888. The van der Waals surface area contributed by atoms with Crippen molar-refractivity contribution in [3.8, 4) is 0 Å². The third kappa shape index (κ3) is 4.22. The van der Waals surface area contributed by atoms with Crippen LogP contribution in [0.2, 0.25) is 0 Å². The molecule has 0 fully saturated rings. The second-order valence-corrected chi connectivity index (χ2v) is 6.40. The number of hydrogen-bond acceptors (Lipinski definition) is 3. The number of carbonyl (C=O) groups is 1. The highest BCUT2D eigenvalue weighted by molar-refractivity contribution is 5.88. The number of nitrogens with one attached hydrogen (secondary N) is 1. The van der Waals surface area contributed by atoms with Gasteiger partial charge in [0.1, 0.15) is 0 Å². The second kappa shape index (κ2) is 7.60. The Morgan fingerprint density at radius 2 is 1.88 bits per heavy atom. The lowest BCUT2D eigenvalue weighted by Crippen LogP contribution is -2.32. The Morgan fingerprint density at radius 3 is 2.58 bits per heavy atom. The first-order valence-corrected chi connectivity index (χ1v) is 8.46. The summed E-state index contributed by atoms with van der Waals surface area (Å²) in [6.07, 6.45) is 1.31. The third-order valence-electron chi connectivity index (χ3n) is 4.54. The Morgan fingerprint density at radius 1 is 1.17 bits per heavy atom. The van der Waals surface area contributed by atoms with Gasteiger partial charge in [-0.05, 0) is 41.7 Å². The standard InChI is InChI=1S/C20H24N2O2/c1-15(23)21-19-8-6-17(7-9-19)20(24)11-13-22-12-10-16-4-2-3-5-18(16)14-22/h2-9,20,24H,10-14H2,1H3,(H,21,23). The van der Waals surface area contributed by atoms with Crippen LogP contribution in [0.3, 0.4) is 0 Å². The Hall–Kier alpha value is -2.17. The van der Waals surface area contributed by atoms with Crippen molar-refractivity contribution in [3.63, 3.8) is 0 Å². The number of aliphatic hydroxyl groups is 1. The summed E-state index contributed by atoms with van der Waals surface area (Å²) in [5.74, 6) is -0.0892. The molecule has 4 nitrogen and oxygen atoms in total. The minimum Gasteiger partial charge on any atom is -0.388 e. The normalized spacial score (nSPS) is 15.6. The fourth-order valence-electron chi connectivity index (χ4n) is 3.21. The number of amides is 1. The largest absolute Gasteiger partial charge is 0.388 e. The van der Waals surface area contributed by atoms with E-state index >= 15 is 0 Å². The van der Waals surface area contributed by atoms with Crippen LogP contribution in [0.4, 0.5) is 5.69 Å². The minimum atomic E-state index is -0.478. The van der Waals surface area contributed by atoms with Crippen molar-refractivity contribution in [1.82, 2.24) is 4.90 Å². The molecule has 2 N–H and O–H groups in total. The molecule has 0 aromatic heterocycles. The average molecular weight is 324 g/mol. The molecule has 126 valence electrons. The predicted octanol–water partition coefficient (Wildman–Crippen LogP) is 3.13. The summed E-state index contributed by atoms with van der Waals surface area (Å²) >= 11 is 0. The molecule has 1 aliphatic rings. The van der Waals surface area contributed by atoms with E-state index in [-0.39, 0.29) is 5.91 Å². The van der Waals surface area contributed by atoms with E-state index in [1.54, 1.807) is 0 Å². The van der Waals surface area contributed by atoms with Gasteiger partial charge in [0.15, 0.2) is 0 Å². The van der Waals surface area contributed by atoms with Crippen LogP contribution in [0, 0.1) is 0 Å². The lowest BCUT2D eigenvalue weighted by molar-refractivity contribution is -0.114. The Kier molecular flexibility index (Phi) is 5.28. The van der Waals surface area contributed by atoms with Crippen LogP contribution < -0.4 is 5.32 Å². The summed E-state index contributed by atoms with van der Waals surface area (Å²) in [5.41, 5.74) is 4.49. The van der Waals surface area contributed by atoms with Gasteiger partial charge in [0, 0.05) is 32.2 Å². The van der Waals surface area contributed by atoms with Gasteiger partial charge in [-0.25, -0.2) is 0 Å². The first-order valence-electron chi connectivity index (χ1n) is 8.46. The van der Waals surface area contributed by atoms with Gasteiger partial charge >= 0.3 is 0 Å². The van der Waals surface area contributed by atoms with Crippen LogP contribution in [-0.4, -0.2) is 29.0 Å². The highest BCUT2D eigenvalue weighted by Gasteiger charge is 2.17. The van der Waals surface area contributed by atoms with E-state index in [0.29, 0.717) is 6.42 Å². The predicted molar refractivity (Wildman–Crippen MR) is 95.7 cm³/mol. The first-order chi connectivity index (χ1) is 11.6. The molecule has 0 saturated carbocycles. The fourth-order valence-corrected chi connectivity index (χ4v) is 3.21. The van der Waals surface area contributed by atoms with Gasteiger partial charge in [-0.15, -0.1) is 0 Å². The van der Waals surface area contributed by atoms with E-state index in [0.717, 1.165) is 37.3 Å². The average Bonchev–Trinajstić information content (AvgIpc) is 2.59. The van der Waals surface area contributed by atoms with E-state index < -0.39 is 6.10 Å². The molecule has 0 bridgehead atoms. The molecule has 0 aliphatic carbocycles. The van der Waals surface area contributed by atoms with Crippen molar-refractivity contribution >= 4 is 11.6 Å². The number of benzene rings is 2. The summed E-state index contributed by atoms with van der Waals surface area (Å²) in [7, 11) is 0. The van der Waals surface area contributed by atoms with Crippen LogP contribution in [0.15, 0.2) is 48.5 Å². The molecule has 0 spiro atoms. The van der Waals surface area contributed by atoms with E-state index in [2.05, 4.69) is 34.5 Å². The molecular weight excluding hydrogens is 300 g/mol.